The van der Waals surface area contributed by atoms with Gasteiger partial charge in [0, 0.05) is 31.9 Å². The Morgan fingerprint density at radius 2 is 1.75 bits per heavy atom. The Hall–Kier alpha value is -3.13. The first kappa shape index (κ1) is 19.6. The first-order valence-corrected chi connectivity index (χ1v) is 8.66. The molecule has 146 valence electrons. The third-order valence-corrected chi connectivity index (χ3v) is 3.90. The minimum Gasteiger partial charge on any atom is -0.385 e. The highest BCUT2D eigenvalue weighted by molar-refractivity contribution is 5.67. The molecule has 0 aliphatic heterocycles. The predicted octanol–water partition coefficient (Wildman–Crippen LogP) is 4.75. The molecule has 3 aromatic rings. The van der Waals surface area contributed by atoms with Gasteiger partial charge in [-0.05, 0) is 18.6 Å². The van der Waals surface area contributed by atoms with Gasteiger partial charge in [0.25, 0.3) is 0 Å². The largest absolute Gasteiger partial charge is 0.385 e. The number of hydrogen-bond donors (Lipinski definition) is 2. The first-order chi connectivity index (χ1) is 13.6. The molecule has 5 nitrogen and oxygen atoms in total. The molecule has 2 aromatic carbocycles. The number of methoxy groups -OCH3 is 1. The van der Waals surface area contributed by atoms with Crippen LogP contribution in [0.5, 0.6) is 0 Å². The van der Waals surface area contributed by atoms with E-state index in [-0.39, 0.29) is 11.5 Å². The number of halogens is 3. The summed E-state index contributed by atoms with van der Waals surface area (Å²) >= 11 is 0. The quantitative estimate of drug-likeness (QED) is 0.431. The lowest BCUT2D eigenvalue weighted by molar-refractivity contribution is 0.197. The smallest absolute Gasteiger partial charge is 0.225 e. The molecule has 0 saturated heterocycles. The van der Waals surface area contributed by atoms with Crippen molar-refractivity contribution < 1.29 is 17.9 Å². The van der Waals surface area contributed by atoms with Crippen LogP contribution in [0.2, 0.25) is 0 Å². The first-order valence-electron chi connectivity index (χ1n) is 8.66. The molecule has 2 N–H and O–H groups in total. The lowest BCUT2D eigenvalue weighted by Crippen LogP contribution is -2.09. The van der Waals surface area contributed by atoms with Crippen LogP contribution in [-0.2, 0) is 4.74 Å². The zero-order chi connectivity index (χ0) is 19.9. The standard InChI is InChI=1S/C20H19F3N4O/c1-28-11-5-10-24-20-26-16(13-6-3-2-4-7-13)12-17(27-20)25-15-9-8-14(21)18(22)19(15)23/h2-4,6-9,12H,5,10-11H2,1H3,(H2,24,25,26,27). The van der Waals surface area contributed by atoms with Gasteiger partial charge in [0.1, 0.15) is 5.82 Å². The van der Waals surface area contributed by atoms with E-state index in [4.69, 9.17) is 4.74 Å². The van der Waals surface area contributed by atoms with E-state index >= 15 is 0 Å². The van der Waals surface area contributed by atoms with E-state index in [1.165, 1.54) is 0 Å². The van der Waals surface area contributed by atoms with E-state index in [0.717, 1.165) is 24.1 Å². The summed E-state index contributed by atoms with van der Waals surface area (Å²) in [6.07, 6.45) is 0.746. The molecule has 0 saturated carbocycles. The Bertz CT molecular complexity index is 938. The van der Waals surface area contributed by atoms with Crippen LogP contribution in [0.25, 0.3) is 11.3 Å². The molecule has 8 heteroatoms. The fraction of sp³-hybridized carbons (Fsp3) is 0.200. The van der Waals surface area contributed by atoms with Crippen molar-refractivity contribution in [3.63, 3.8) is 0 Å². The summed E-state index contributed by atoms with van der Waals surface area (Å²) in [6.45, 7) is 1.15. The average molecular weight is 388 g/mol. The molecular formula is C20H19F3N4O. The Labute approximate surface area is 160 Å². The molecule has 0 amide bonds. The van der Waals surface area contributed by atoms with Crippen molar-refractivity contribution in [1.29, 1.82) is 0 Å². The second-order valence-corrected chi connectivity index (χ2v) is 5.95. The van der Waals surface area contributed by atoms with Gasteiger partial charge in [0.2, 0.25) is 5.95 Å². The molecule has 0 fully saturated rings. The Balaban J connectivity index is 1.92. The second kappa shape index (κ2) is 9.18. The molecule has 1 heterocycles. The zero-order valence-corrected chi connectivity index (χ0v) is 15.2. The van der Waals surface area contributed by atoms with Crippen molar-refractivity contribution >= 4 is 17.5 Å². The van der Waals surface area contributed by atoms with Crippen LogP contribution in [0.3, 0.4) is 0 Å². The molecular weight excluding hydrogens is 369 g/mol. The topological polar surface area (TPSA) is 59.1 Å². The van der Waals surface area contributed by atoms with Crippen LogP contribution >= 0.6 is 0 Å². The van der Waals surface area contributed by atoms with Gasteiger partial charge in [-0.15, -0.1) is 0 Å². The third-order valence-electron chi connectivity index (χ3n) is 3.90. The minimum absolute atomic E-state index is 0.220. The van der Waals surface area contributed by atoms with E-state index < -0.39 is 17.5 Å². The fourth-order valence-electron chi connectivity index (χ4n) is 2.52. The third kappa shape index (κ3) is 4.77. The summed E-state index contributed by atoms with van der Waals surface area (Å²) in [5.74, 6) is -3.54. The number of rotatable bonds is 8. The number of anilines is 3. The van der Waals surface area contributed by atoms with Crippen molar-refractivity contribution in [2.75, 3.05) is 30.9 Å². The molecule has 0 bridgehead atoms. The molecule has 0 spiro atoms. The lowest BCUT2D eigenvalue weighted by Gasteiger charge is -2.12. The summed E-state index contributed by atoms with van der Waals surface area (Å²) in [5.41, 5.74) is 1.20. The number of ether oxygens (including phenoxy) is 1. The maximum absolute atomic E-state index is 14.0. The van der Waals surface area contributed by atoms with Crippen LogP contribution in [0, 0.1) is 17.5 Å². The molecule has 0 aliphatic rings. The highest BCUT2D eigenvalue weighted by Crippen LogP contribution is 2.26. The van der Waals surface area contributed by atoms with Gasteiger partial charge in [-0.25, -0.2) is 18.2 Å². The molecule has 3 rings (SSSR count). The van der Waals surface area contributed by atoms with Gasteiger partial charge in [0.15, 0.2) is 17.5 Å². The zero-order valence-electron chi connectivity index (χ0n) is 15.2. The molecule has 28 heavy (non-hydrogen) atoms. The molecule has 0 atom stereocenters. The summed E-state index contributed by atoms with van der Waals surface area (Å²) in [5, 5.41) is 5.78. The Morgan fingerprint density at radius 3 is 2.50 bits per heavy atom. The number of nitrogens with zero attached hydrogens (tertiary/aromatic N) is 2. The maximum Gasteiger partial charge on any atom is 0.225 e. The average Bonchev–Trinajstić information content (AvgIpc) is 2.72. The Morgan fingerprint density at radius 1 is 0.964 bits per heavy atom. The highest BCUT2D eigenvalue weighted by Gasteiger charge is 2.15. The van der Waals surface area contributed by atoms with E-state index in [1.54, 1.807) is 13.2 Å². The number of benzene rings is 2. The van der Waals surface area contributed by atoms with Crippen molar-refractivity contribution in [2.45, 2.75) is 6.42 Å². The van der Waals surface area contributed by atoms with Crippen LogP contribution in [-0.4, -0.2) is 30.2 Å². The summed E-state index contributed by atoms with van der Waals surface area (Å²) in [6, 6.07) is 12.9. The summed E-state index contributed by atoms with van der Waals surface area (Å²) < 4.78 is 45.7. The van der Waals surface area contributed by atoms with Gasteiger partial charge in [-0.3, -0.25) is 0 Å². The fourth-order valence-corrected chi connectivity index (χ4v) is 2.52. The van der Waals surface area contributed by atoms with Crippen LogP contribution in [0.4, 0.5) is 30.6 Å². The number of nitrogens with one attached hydrogen (secondary N) is 2. The van der Waals surface area contributed by atoms with E-state index in [1.807, 2.05) is 30.3 Å². The van der Waals surface area contributed by atoms with Gasteiger partial charge < -0.3 is 15.4 Å². The number of aromatic nitrogens is 2. The molecule has 0 unspecified atom stereocenters. The van der Waals surface area contributed by atoms with Gasteiger partial charge in [-0.1, -0.05) is 30.3 Å². The van der Waals surface area contributed by atoms with E-state index in [2.05, 4.69) is 20.6 Å². The van der Waals surface area contributed by atoms with Crippen molar-refractivity contribution in [2.24, 2.45) is 0 Å². The number of hydrogen-bond acceptors (Lipinski definition) is 5. The molecule has 0 radical (unpaired) electrons. The van der Waals surface area contributed by atoms with Crippen LogP contribution in [0.1, 0.15) is 6.42 Å². The Kier molecular flexibility index (Phi) is 6.44. The van der Waals surface area contributed by atoms with Gasteiger partial charge >= 0.3 is 0 Å². The summed E-state index contributed by atoms with van der Waals surface area (Å²) in [7, 11) is 1.62. The highest BCUT2D eigenvalue weighted by atomic mass is 19.2. The maximum atomic E-state index is 14.0. The van der Waals surface area contributed by atoms with Crippen LogP contribution < -0.4 is 10.6 Å². The van der Waals surface area contributed by atoms with Gasteiger partial charge in [-0.2, -0.15) is 4.98 Å². The minimum atomic E-state index is -1.54. The van der Waals surface area contributed by atoms with E-state index in [0.29, 0.717) is 24.8 Å². The molecule has 0 aliphatic carbocycles. The summed E-state index contributed by atoms with van der Waals surface area (Å²) in [4.78, 5) is 8.75. The monoisotopic (exact) mass is 388 g/mol. The van der Waals surface area contributed by atoms with Gasteiger partial charge in [0.05, 0.1) is 11.4 Å². The second-order valence-electron chi connectivity index (χ2n) is 5.95. The SMILES string of the molecule is COCCCNc1nc(Nc2ccc(F)c(F)c2F)cc(-c2ccccc2)n1. The lowest BCUT2D eigenvalue weighted by atomic mass is 10.1. The van der Waals surface area contributed by atoms with Crippen molar-refractivity contribution in [3.05, 3.63) is 66.0 Å². The predicted molar refractivity (Wildman–Crippen MR) is 102 cm³/mol. The normalized spacial score (nSPS) is 10.7. The van der Waals surface area contributed by atoms with Crippen molar-refractivity contribution in [1.82, 2.24) is 9.97 Å². The van der Waals surface area contributed by atoms with E-state index in [9.17, 15) is 13.2 Å². The van der Waals surface area contributed by atoms with Crippen molar-refractivity contribution in [3.8, 4) is 11.3 Å². The molecule has 1 aromatic heterocycles. The van der Waals surface area contributed by atoms with Crippen LogP contribution in [0.15, 0.2) is 48.5 Å².